The first-order valence-corrected chi connectivity index (χ1v) is 9.40. The van der Waals surface area contributed by atoms with Crippen molar-refractivity contribution in [3.05, 3.63) is 71.9 Å². The number of para-hydroxylation sites is 1. The van der Waals surface area contributed by atoms with Crippen LogP contribution in [0.2, 0.25) is 0 Å². The van der Waals surface area contributed by atoms with E-state index in [9.17, 15) is 9.59 Å². The van der Waals surface area contributed by atoms with Gasteiger partial charge in [0.15, 0.2) is 0 Å². The zero-order valence-corrected chi connectivity index (χ0v) is 16.1. The third-order valence-corrected chi connectivity index (χ3v) is 4.71. The van der Waals surface area contributed by atoms with Crippen molar-refractivity contribution in [2.24, 2.45) is 0 Å². The Labute approximate surface area is 169 Å². The lowest BCUT2D eigenvalue weighted by Gasteiger charge is -2.20. The van der Waals surface area contributed by atoms with Gasteiger partial charge >= 0.3 is 6.03 Å². The number of carbonyl (C=O) groups excluding carboxylic acids is 2. The Morgan fingerprint density at radius 2 is 1.79 bits per heavy atom. The molecule has 7 nitrogen and oxygen atoms in total. The summed E-state index contributed by atoms with van der Waals surface area (Å²) in [6, 6.07) is 17.7. The van der Waals surface area contributed by atoms with Gasteiger partial charge in [0.1, 0.15) is 12.6 Å². The summed E-state index contributed by atoms with van der Waals surface area (Å²) in [4.78, 5) is 28.2. The fourth-order valence-corrected chi connectivity index (χ4v) is 3.20. The van der Waals surface area contributed by atoms with Crippen LogP contribution >= 0.6 is 0 Å². The van der Waals surface area contributed by atoms with Gasteiger partial charge in [-0.2, -0.15) is 5.26 Å². The van der Waals surface area contributed by atoms with Gasteiger partial charge in [-0.15, -0.1) is 0 Å². The van der Waals surface area contributed by atoms with Gasteiger partial charge in [0.25, 0.3) is 0 Å². The van der Waals surface area contributed by atoms with E-state index in [2.05, 4.69) is 20.9 Å². The second kappa shape index (κ2) is 9.42. The summed E-state index contributed by atoms with van der Waals surface area (Å²) in [6.45, 7) is 1.76. The second-order valence-electron chi connectivity index (χ2n) is 6.74. The first-order valence-electron chi connectivity index (χ1n) is 9.40. The van der Waals surface area contributed by atoms with E-state index in [-0.39, 0.29) is 12.6 Å². The molecule has 2 aromatic carbocycles. The fraction of sp³-hybridized carbons (Fsp3) is 0.227. The third-order valence-electron chi connectivity index (χ3n) is 4.71. The molecule has 7 heteroatoms. The SMILES string of the molecule is C[C@H](NC(=O)NC(Cc1c[nH]c2ccccc12)C(=O)NCC#N)c1ccccc1. The Morgan fingerprint density at radius 1 is 1.07 bits per heavy atom. The average Bonchev–Trinajstić information content (AvgIpc) is 3.15. The maximum Gasteiger partial charge on any atom is 0.315 e. The third kappa shape index (κ3) is 5.14. The van der Waals surface area contributed by atoms with E-state index in [1.165, 1.54) is 0 Å². The Balaban J connectivity index is 1.72. The first kappa shape index (κ1) is 20.0. The maximum atomic E-state index is 12.5. The predicted octanol–water partition coefficient (Wildman–Crippen LogP) is 2.78. The molecule has 0 saturated carbocycles. The molecule has 0 fully saturated rings. The number of nitrogens with one attached hydrogen (secondary N) is 4. The number of benzene rings is 2. The van der Waals surface area contributed by atoms with E-state index in [1.54, 1.807) is 0 Å². The summed E-state index contributed by atoms with van der Waals surface area (Å²) in [6.07, 6.45) is 2.13. The van der Waals surface area contributed by atoms with Crippen LogP contribution in [-0.4, -0.2) is 29.5 Å². The maximum absolute atomic E-state index is 12.5. The van der Waals surface area contributed by atoms with Crippen molar-refractivity contribution in [3.8, 4) is 6.07 Å². The number of fused-ring (bicyclic) bond motifs is 1. The minimum Gasteiger partial charge on any atom is -0.361 e. The van der Waals surface area contributed by atoms with Crippen molar-refractivity contribution in [2.45, 2.75) is 25.4 Å². The Morgan fingerprint density at radius 3 is 2.55 bits per heavy atom. The topological polar surface area (TPSA) is 110 Å². The van der Waals surface area contributed by atoms with Crippen molar-refractivity contribution in [2.75, 3.05) is 6.54 Å². The summed E-state index contributed by atoms with van der Waals surface area (Å²) >= 11 is 0. The molecule has 2 atom stereocenters. The molecule has 1 unspecified atom stereocenters. The molecule has 148 valence electrons. The van der Waals surface area contributed by atoms with Crippen LogP contribution in [0, 0.1) is 11.3 Å². The number of H-pyrrole nitrogens is 1. The molecule has 0 radical (unpaired) electrons. The smallest absolute Gasteiger partial charge is 0.315 e. The number of carbonyl (C=O) groups is 2. The van der Waals surface area contributed by atoms with E-state index in [1.807, 2.05) is 73.8 Å². The van der Waals surface area contributed by atoms with Crippen LogP contribution in [0.15, 0.2) is 60.8 Å². The monoisotopic (exact) mass is 389 g/mol. The predicted molar refractivity (Wildman–Crippen MR) is 111 cm³/mol. The molecule has 0 aliphatic heterocycles. The van der Waals surface area contributed by atoms with Gasteiger partial charge in [0.05, 0.1) is 12.1 Å². The summed E-state index contributed by atoms with van der Waals surface area (Å²) in [5.41, 5.74) is 2.83. The van der Waals surface area contributed by atoms with Crippen LogP contribution < -0.4 is 16.0 Å². The second-order valence-corrected chi connectivity index (χ2v) is 6.74. The van der Waals surface area contributed by atoms with Gasteiger partial charge in [-0.3, -0.25) is 4.79 Å². The molecule has 0 spiro atoms. The number of nitrogens with zero attached hydrogens (tertiary/aromatic N) is 1. The normalized spacial score (nSPS) is 12.6. The molecule has 3 rings (SSSR count). The zero-order valence-electron chi connectivity index (χ0n) is 16.1. The molecule has 29 heavy (non-hydrogen) atoms. The lowest BCUT2D eigenvalue weighted by atomic mass is 10.0. The largest absolute Gasteiger partial charge is 0.361 e. The molecule has 0 aliphatic rings. The number of hydrogen-bond donors (Lipinski definition) is 4. The van der Waals surface area contributed by atoms with Crippen LogP contribution in [0.25, 0.3) is 10.9 Å². The van der Waals surface area contributed by atoms with Gasteiger partial charge in [-0.1, -0.05) is 48.5 Å². The molecule has 1 heterocycles. The molecule has 0 saturated heterocycles. The van der Waals surface area contributed by atoms with Crippen molar-refractivity contribution in [1.29, 1.82) is 5.26 Å². The summed E-state index contributed by atoms with van der Waals surface area (Å²) in [5, 5.41) is 17.9. The number of urea groups is 1. The van der Waals surface area contributed by atoms with E-state index < -0.39 is 18.0 Å². The van der Waals surface area contributed by atoms with E-state index >= 15 is 0 Å². The Hall–Kier alpha value is -3.79. The fourth-order valence-electron chi connectivity index (χ4n) is 3.20. The highest BCUT2D eigenvalue weighted by atomic mass is 16.2. The van der Waals surface area contributed by atoms with Crippen LogP contribution in [0.3, 0.4) is 0 Å². The summed E-state index contributed by atoms with van der Waals surface area (Å²) in [7, 11) is 0. The number of nitriles is 1. The van der Waals surface area contributed by atoms with Crippen LogP contribution in [0.1, 0.15) is 24.1 Å². The highest BCUT2D eigenvalue weighted by molar-refractivity contribution is 5.89. The van der Waals surface area contributed by atoms with Gasteiger partial charge in [-0.25, -0.2) is 4.79 Å². The van der Waals surface area contributed by atoms with E-state index in [0.717, 1.165) is 22.0 Å². The molecule has 0 aliphatic carbocycles. The number of amides is 3. The Kier molecular flexibility index (Phi) is 6.48. The number of aromatic amines is 1. The minimum atomic E-state index is -0.814. The van der Waals surface area contributed by atoms with Crippen LogP contribution in [-0.2, 0) is 11.2 Å². The molecule has 3 amide bonds. The zero-order chi connectivity index (χ0) is 20.6. The lowest BCUT2D eigenvalue weighted by Crippen LogP contribution is -2.51. The number of rotatable bonds is 7. The van der Waals surface area contributed by atoms with Gasteiger partial charge in [0, 0.05) is 23.5 Å². The molecular weight excluding hydrogens is 366 g/mol. The number of aromatic nitrogens is 1. The average molecular weight is 389 g/mol. The molecule has 3 aromatic rings. The molecule has 0 bridgehead atoms. The standard InChI is InChI=1S/C22H23N5O2/c1-15(16-7-3-2-4-8-16)26-22(29)27-20(21(28)24-12-11-23)13-17-14-25-19-10-6-5-9-18(17)19/h2-10,14-15,20,25H,12-13H2,1H3,(H,24,28)(H2,26,27,29)/t15-,20?/m0/s1. The van der Waals surface area contributed by atoms with Crippen molar-refractivity contribution in [1.82, 2.24) is 20.9 Å². The lowest BCUT2D eigenvalue weighted by molar-refractivity contribution is -0.122. The van der Waals surface area contributed by atoms with Gasteiger partial charge < -0.3 is 20.9 Å². The van der Waals surface area contributed by atoms with E-state index in [4.69, 9.17) is 5.26 Å². The highest BCUT2D eigenvalue weighted by Crippen LogP contribution is 2.19. The summed E-state index contributed by atoms with van der Waals surface area (Å²) in [5.74, 6) is -0.403. The summed E-state index contributed by atoms with van der Waals surface area (Å²) < 4.78 is 0. The quantitative estimate of drug-likeness (QED) is 0.466. The van der Waals surface area contributed by atoms with Crippen LogP contribution in [0.5, 0.6) is 0 Å². The van der Waals surface area contributed by atoms with Gasteiger partial charge in [-0.05, 0) is 24.1 Å². The van der Waals surface area contributed by atoms with Crippen molar-refractivity contribution >= 4 is 22.8 Å². The molecule has 1 aromatic heterocycles. The Bertz CT molecular complexity index is 1020. The van der Waals surface area contributed by atoms with Crippen LogP contribution in [0.4, 0.5) is 4.79 Å². The minimum absolute atomic E-state index is 0.118. The van der Waals surface area contributed by atoms with Gasteiger partial charge in [0.2, 0.25) is 5.91 Å². The van der Waals surface area contributed by atoms with Crippen molar-refractivity contribution < 1.29 is 9.59 Å². The first-order chi connectivity index (χ1) is 14.1. The molecular formula is C22H23N5O2. The number of hydrogen-bond acceptors (Lipinski definition) is 3. The van der Waals surface area contributed by atoms with E-state index in [0.29, 0.717) is 6.42 Å². The highest BCUT2D eigenvalue weighted by Gasteiger charge is 2.23. The van der Waals surface area contributed by atoms with Crippen molar-refractivity contribution in [3.63, 3.8) is 0 Å². The molecule has 4 N–H and O–H groups in total.